The Bertz CT molecular complexity index is 411. The van der Waals surface area contributed by atoms with E-state index in [1.807, 2.05) is 19.1 Å². The van der Waals surface area contributed by atoms with E-state index in [0.717, 1.165) is 23.5 Å². The smallest absolute Gasteiger partial charge is 0.179 e. The maximum absolute atomic E-state index is 9.01. The van der Waals surface area contributed by atoms with E-state index in [0.29, 0.717) is 24.0 Å². The van der Waals surface area contributed by atoms with Gasteiger partial charge in [0, 0.05) is 17.4 Å². The monoisotopic (exact) mass is 288 g/mol. The fourth-order valence-corrected chi connectivity index (χ4v) is 2.70. The number of hydrogen-bond donors (Lipinski definition) is 1. The van der Waals surface area contributed by atoms with Crippen molar-refractivity contribution in [3.05, 3.63) is 22.7 Å². The average molecular weight is 289 g/mol. The van der Waals surface area contributed by atoms with E-state index in [-0.39, 0.29) is 11.9 Å². The minimum absolute atomic E-state index is 0.183. The number of hydrogen-bond acceptors (Lipinski definition) is 4. The van der Waals surface area contributed by atoms with Crippen molar-refractivity contribution in [1.29, 1.82) is 0 Å². The SMILES string of the molecule is CC(CO)SCc1cc(Cl)c2c(c1)OCCCO2. The van der Waals surface area contributed by atoms with Crippen LogP contribution in [0.5, 0.6) is 11.5 Å². The van der Waals surface area contributed by atoms with E-state index in [2.05, 4.69) is 0 Å². The minimum Gasteiger partial charge on any atom is -0.489 e. The number of rotatable bonds is 4. The molecule has 0 radical (unpaired) electrons. The minimum atomic E-state index is 0.183. The molecule has 0 aliphatic carbocycles. The zero-order valence-electron chi connectivity index (χ0n) is 10.3. The molecule has 1 aromatic carbocycles. The lowest BCUT2D eigenvalue weighted by Gasteiger charge is -2.12. The Hall–Kier alpha value is -0.580. The van der Waals surface area contributed by atoms with Crippen LogP contribution in [0.15, 0.2) is 12.1 Å². The summed E-state index contributed by atoms with van der Waals surface area (Å²) >= 11 is 7.89. The Kier molecular flexibility index (Phi) is 5.03. The fraction of sp³-hybridized carbons (Fsp3) is 0.538. The average Bonchev–Trinajstić information content (AvgIpc) is 2.61. The van der Waals surface area contributed by atoms with Crippen LogP contribution in [0.4, 0.5) is 0 Å². The third-order valence-corrected chi connectivity index (χ3v) is 4.15. The van der Waals surface area contributed by atoms with Crippen LogP contribution < -0.4 is 9.47 Å². The second-order valence-corrected chi connectivity index (χ2v) is 6.09. The normalized spacial score (nSPS) is 16.2. The molecule has 0 aromatic heterocycles. The first-order chi connectivity index (χ1) is 8.70. The molecule has 18 heavy (non-hydrogen) atoms. The zero-order valence-corrected chi connectivity index (χ0v) is 11.9. The molecule has 0 saturated carbocycles. The fourth-order valence-electron chi connectivity index (χ4n) is 1.66. The van der Waals surface area contributed by atoms with Gasteiger partial charge in [-0.1, -0.05) is 18.5 Å². The van der Waals surface area contributed by atoms with Gasteiger partial charge in [0.25, 0.3) is 0 Å². The predicted molar refractivity (Wildman–Crippen MR) is 74.9 cm³/mol. The Morgan fingerprint density at radius 1 is 1.39 bits per heavy atom. The number of ether oxygens (including phenoxy) is 2. The summed E-state index contributed by atoms with van der Waals surface area (Å²) in [6.07, 6.45) is 0.872. The standard InChI is InChI=1S/C13H17ClO3S/c1-9(7-15)18-8-10-5-11(14)13-12(6-10)16-3-2-4-17-13/h5-6,9,15H,2-4,7-8H2,1H3. The molecule has 2 rings (SSSR count). The van der Waals surface area contributed by atoms with Gasteiger partial charge in [-0.05, 0) is 17.7 Å². The molecule has 1 aromatic rings. The van der Waals surface area contributed by atoms with Gasteiger partial charge in [-0.2, -0.15) is 11.8 Å². The Labute approximate surface area is 116 Å². The molecule has 1 atom stereocenters. The summed E-state index contributed by atoms with van der Waals surface area (Å²) in [5.41, 5.74) is 1.09. The van der Waals surface area contributed by atoms with Crippen molar-refractivity contribution in [3.8, 4) is 11.5 Å². The van der Waals surface area contributed by atoms with E-state index >= 15 is 0 Å². The molecule has 0 spiro atoms. The van der Waals surface area contributed by atoms with Gasteiger partial charge in [0.15, 0.2) is 11.5 Å². The molecule has 5 heteroatoms. The summed E-state index contributed by atoms with van der Waals surface area (Å²) in [5, 5.41) is 9.83. The molecule has 1 heterocycles. The van der Waals surface area contributed by atoms with Gasteiger partial charge >= 0.3 is 0 Å². The van der Waals surface area contributed by atoms with Crippen LogP contribution in [0.3, 0.4) is 0 Å². The van der Waals surface area contributed by atoms with Gasteiger partial charge in [-0.15, -0.1) is 0 Å². The van der Waals surface area contributed by atoms with Crippen LogP contribution in [-0.2, 0) is 5.75 Å². The summed E-state index contributed by atoms with van der Waals surface area (Å²) < 4.78 is 11.2. The molecule has 0 fully saturated rings. The summed E-state index contributed by atoms with van der Waals surface area (Å²) in [4.78, 5) is 0. The van der Waals surface area contributed by atoms with Crippen LogP contribution >= 0.6 is 23.4 Å². The van der Waals surface area contributed by atoms with Gasteiger partial charge in [0.05, 0.1) is 24.8 Å². The van der Waals surface area contributed by atoms with Crippen molar-refractivity contribution in [2.45, 2.75) is 24.3 Å². The molecule has 1 aliphatic rings. The van der Waals surface area contributed by atoms with Crippen molar-refractivity contribution in [3.63, 3.8) is 0 Å². The second-order valence-electron chi connectivity index (χ2n) is 4.26. The summed E-state index contributed by atoms with van der Waals surface area (Å²) in [7, 11) is 0. The number of benzene rings is 1. The number of fused-ring (bicyclic) bond motifs is 1. The van der Waals surface area contributed by atoms with Crippen LogP contribution in [-0.4, -0.2) is 30.2 Å². The lowest BCUT2D eigenvalue weighted by Crippen LogP contribution is -2.02. The molecule has 100 valence electrons. The van der Waals surface area contributed by atoms with Gasteiger partial charge in [0.2, 0.25) is 0 Å². The highest BCUT2D eigenvalue weighted by Gasteiger charge is 2.15. The quantitative estimate of drug-likeness (QED) is 0.924. The third kappa shape index (κ3) is 3.46. The molecule has 0 saturated heterocycles. The van der Waals surface area contributed by atoms with Gasteiger partial charge < -0.3 is 14.6 Å². The topological polar surface area (TPSA) is 38.7 Å². The number of thioether (sulfide) groups is 1. The zero-order chi connectivity index (χ0) is 13.0. The van der Waals surface area contributed by atoms with E-state index in [1.165, 1.54) is 0 Å². The number of aliphatic hydroxyl groups excluding tert-OH is 1. The number of halogens is 1. The highest BCUT2D eigenvalue weighted by Crippen LogP contribution is 2.38. The summed E-state index contributed by atoms with van der Waals surface area (Å²) in [6, 6.07) is 3.88. The summed E-state index contributed by atoms with van der Waals surface area (Å²) in [5.74, 6) is 2.18. The highest BCUT2D eigenvalue weighted by atomic mass is 35.5. The molecule has 1 N–H and O–H groups in total. The lowest BCUT2D eigenvalue weighted by atomic mass is 10.2. The molecular formula is C13H17ClO3S. The maximum Gasteiger partial charge on any atom is 0.179 e. The van der Waals surface area contributed by atoms with Crippen LogP contribution in [0.25, 0.3) is 0 Å². The van der Waals surface area contributed by atoms with Crippen LogP contribution in [0.1, 0.15) is 18.9 Å². The van der Waals surface area contributed by atoms with Crippen molar-refractivity contribution < 1.29 is 14.6 Å². The van der Waals surface area contributed by atoms with Gasteiger partial charge in [-0.3, -0.25) is 0 Å². The Morgan fingerprint density at radius 3 is 2.94 bits per heavy atom. The van der Waals surface area contributed by atoms with E-state index in [1.54, 1.807) is 11.8 Å². The first kappa shape index (κ1) is 13.8. The molecule has 3 nitrogen and oxygen atoms in total. The van der Waals surface area contributed by atoms with E-state index in [4.69, 9.17) is 26.2 Å². The number of aliphatic hydroxyl groups is 1. The van der Waals surface area contributed by atoms with Crippen molar-refractivity contribution >= 4 is 23.4 Å². The molecular weight excluding hydrogens is 272 g/mol. The van der Waals surface area contributed by atoms with Crippen LogP contribution in [0, 0.1) is 0 Å². The van der Waals surface area contributed by atoms with Gasteiger partial charge in [0.1, 0.15) is 0 Å². The Balaban J connectivity index is 2.13. The molecule has 0 bridgehead atoms. The first-order valence-corrected chi connectivity index (χ1v) is 7.44. The first-order valence-electron chi connectivity index (χ1n) is 6.01. The van der Waals surface area contributed by atoms with E-state index in [9.17, 15) is 0 Å². The Morgan fingerprint density at radius 2 is 2.17 bits per heavy atom. The third-order valence-electron chi connectivity index (χ3n) is 2.65. The largest absolute Gasteiger partial charge is 0.489 e. The summed E-state index contributed by atoms with van der Waals surface area (Å²) in [6.45, 7) is 3.48. The van der Waals surface area contributed by atoms with Crippen molar-refractivity contribution in [2.75, 3.05) is 19.8 Å². The second kappa shape index (κ2) is 6.55. The predicted octanol–water partition coefficient (Wildman–Crippen LogP) is 3.12. The van der Waals surface area contributed by atoms with Crippen LogP contribution in [0.2, 0.25) is 5.02 Å². The van der Waals surface area contributed by atoms with Crippen molar-refractivity contribution in [1.82, 2.24) is 0 Å². The van der Waals surface area contributed by atoms with Gasteiger partial charge in [-0.25, -0.2) is 0 Å². The highest BCUT2D eigenvalue weighted by molar-refractivity contribution is 7.99. The maximum atomic E-state index is 9.01. The molecule has 1 unspecified atom stereocenters. The lowest BCUT2D eigenvalue weighted by molar-refractivity contribution is 0.297. The van der Waals surface area contributed by atoms with E-state index < -0.39 is 0 Å². The van der Waals surface area contributed by atoms with Crippen molar-refractivity contribution in [2.24, 2.45) is 0 Å². The molecule has 0 amide bonds. The molecule has 1 aliphatic heterocycles.